The summed E-state index contributed by atoms with van der Waals surface area (Å²) in [6.45, 7) is 2.15. The van der Waals surface area contributed by atoms with Crippen LogP contribution in [0.5, 0.6) is 17.2 Å². The van der Waals surface area contributed by atoms with Crippen LogP contribution in [-0.2, 0) is 16.5 Å². The third kappa shape index (κ3) is 5.47. The average Bonchev–Trinajstić information content (AvgIpc) is 2.57. The monoisotopic (exact) mass is 364 g/mol. The van der Waals surface area contributed by atoms with Crippen LogP contribution in [0.25, 0.3) is 0 Å². The lowest BCUT2D eigenvalue weighted by atomic mass is 10.0. The van der Waals surface area contributed by atoms with Crippen LogP contribution in [0.15, 0.2) is 47.4 Å². The van der Waals surface area contributed by atoms with E-state index in [2.05, 4.69) is 6.92 Å². The smallest absolute Gasteiger partial charge is 0.298 e. The van der Waals surface area contributed by atoms with E-state index < -0.39 is 15.0 Å². The minimum Gasteiger partial charge on any atom is -0.504 e. The zero-order valence-corrected chi connectivity index (χ0v) is 15.1. The highest BCUT2D eigenvalue weighted by atomic mass is 32.2. The van der Waals surface area contributed by atoms with Crippen LogP contribution < -0.4 is 4.74 Å². The first-order chi connectivity index (χ1) is 11.9. The largest absolute Gasteiger partial charge is 0.504 e. The van der Waals surface area contributed by atoms with Gasteiger partial charge in [0.1, 0.15) is 10.6 Å². The number of unbranched alkanes of at least 4 members (excludes halogenated alkanes) is 4. The van der Waals surface area contributed by atoms with Crippen LogP contribution in [0.3, 0.4) is 0 Å². The highest BCUT2D eigenvalue weighted by Gasteiger charge is 2.23. The predicted molar refractivity (Wildman–Crippen MR) is 96.9 cm³/mol. The first-order valence-electron chi connectivity index (χ1n) is 8.48. The molecule has 136 valence electrons. The first kappa shape index (κ1) is 19.3. The Balaban J connectivity index is 2.27. The van der Waals surface area contributed by atoms with Gasteiger partial charge in [-0.3, -0.25) is 4.55 Å². The molecular weight excluding hydrogens is 340 g/mol. The van der Waals surface area contributed by atoms with Gasteiger partial charge in [-0.15, -0.1) is 0 Å². The number of para-hydroxylation sites is 1. The lowest BCUT2D eigenvalue weighted by Gasteiger charge is -2.14. The first-order valence-corrected chi connectivity index (χ1v) is 9.92. The van der Waals surface area contributed by atoms with Crippen molar-refractivity contribution in [3.8, 4) is 17.2 Å². The summed E-state index contributed by atoms with van der Waals surface area (Å²) in [6, 6.07) is 11.3. The molecule has 2 N–H and O–H groups in total. The van der Waals surface area contributed by atoms with Gasteiger partial charge in [0.2, 0.25) is 0 Å². The van der Waals surface area contributed by atoms with Gasteiger partial charge >= 0.3 is 0 Å². The maximum absolute atomic E-state index is 11.6. The van der Waals surface area contributed by atoms with Crippen molar-refractivity contribution in [2.45, 2.75) is 50.3 Å². The Hall–Kier alpha value is -2.05. The van der Waals surface area contributed by atoms with Crippen molar-refractivity contribution in [1.29, 1.82) is 0 Å². The normalized spacial score (nSPS) is 11.4. The maximum Gasteiger partial charge on any atom is 0.298 e. The number of rotatable bonds is 9. The van der Waals surface area contributed by atoms with Gasteiger partial charge in [-0.1, -0.05) is 56.9 Å². The number of hydrogen-bond donors (Lipinski definition) is 2. The van der Waals surface area contributed by atoms with Crippen LogP contribution in [0.2, 0.25) is 0 Å². The second-order valence-electron chi connectivity index (χ2n) is 5.95. The maximum atomic E-state index is 11.6. The molecule has 5 nitrogen and oxygen atoms in total. The minimum atomic E-state index is -4.51. The van der Waals surface area contributed by atoms with Gasteiger partial charge in [0.05, 0.1) is 0 Å². The number of phenolic OH excluding ortho intramolecular Hbond substituents is 1. The Labute approximate surface area is 149 Å². The van der Waals surface area contributed by atoms with Gasteiger partial charge in [0.25, 0.3) is 10.1 Å². The number of benzene rings is 2. The van der Waals surface area contributed by atoms with Crippen molar-refractivity contribution in [2.24, 2.45) is 0 Å². The summed E-state index contributed by atoms with van der Waals surface area (Å²) in [7, 11) is -4.51. The van der Waals surface area contributed by atoms with E-state index in [1.165, 1.54) is 18.6 Å². The van der Waals surface area contributed by atoms with Crippen molar-refractivity contribution < 1.29 is 22.8 Å². The van der Waals surface area contributed by atoms with Gasteiger partial charge in [-0.2, -0.15) is 8.42 Å². The van der Waals surface area contributed by atoms with E-state index in [0.29, 0.717) is 17.7 Å². The summed E-state index contributed by atoms with van der Waals surface area (Å²) in [5, 5.41) is 10.5. The standard InChI is InChI=1S/C19H24O5S/c1-2-3-4-5-7-10-15-13-14-17(25(21,22)23)19(18(15)20)24-16-11-8-6-9-12-16/h6,8-9,11-14,20H,2-5,7,10H2,1H3,(H,21,22,23). The highest BCUT2D eigenvalue weighted by Crippen LogP contribution is 2.40. The summed E-state index contributed by atoms with van der Waals surface area (Å²) in [6.07, 6.45) is 6.02. The number of hydrogen-bond acceptors (Lipinski definition) is 4. The minimum absolute atomic E-state index is 0.236. The van der Waals surface area contributed by atoms with Crippen LogP contribution in [0.4, 0.5) is 0 Å². The third-order valence-corrected chi connectivity index (χ3v) is 4.85. The molecule has 0 heterocycles. The lowest BCUT2D eigenvalue weighted by molar-refractivity contribution is 0.392. The number of aryl methyl sites for hydroxylation is 1. The molecule has 0 saturated carbocycles. The molecule has 0 fully saturated rings. The summed E-state index contributed by atoms with van der Waals surface area (Å²) in [4.78, 5) is -0.441. The molecule has 0 aliphatic carbocycles. The molecule has 0 amide bonds. The van der Waals surface area contributed by atoms with Gasteiger partial charge < -0.3 is 9.84 Å². The molecular formula is C19H24O5S. The molecule has 0 saturated heterocycles. The summed E-state index contributed by atoms with van der Waals surface area (Å²) >= 11 is 0. The fraction of sp³-hybridized carbons (Fsp3) is 0.368. The molecule has 0 aliphatic rings. The van der Waals surface area contributed by atoms with Gasteiger partial charge in [0.15, 0.2) is 11.5 Å². The van der Waals surface area contributed by atoms with Crippen LogP contribution in [0.1, 0.15) is 44.6 Å². The highest BCUT2D eigenvalue weighted by molar-refractivity contribution is 7.86. The van der Waals surface area contributed by atoms with Gasteiger partial charge in [0, 0.05) is 0 Å². The zero-order valence-electron chi connectivity index (χ0n) is 14.3. The molecule has 25 heavy (non-hydrogen) atoms. The van der Waals surface area contributed by atoms with Gasteiger partial charge in [-0.05, 0) is 36.6 Å². The van der Waals surface area contributed by atoms with Crippen LogP contribution in [-0.4, -0.2) is 18.1 Å². The Kier molecular flexibility index (Phi) is 6.84. The molecule has 6 heteroatoms. The fourth-order valence-corrected chi connectivity index (χ4v) is 3.23. The number of aromatic hydroxyl groups is 1. The van der Waals surface area contributed by atoms with E-state index in [4.69, 9.17) is 4.74 Å². The molecule has 2 rings (SSSR count). The van der Waals surface area contributed by atoms with E-state index in [1.807, 2.05) is 0 Å². The van der Waals surface area contributed by atoms with Crippen molar-refractivity contribution in [3.05, 3.63) is 48.0 Å². The van der Waals surface area contributed by atoms with Crippen molar-refractivity contribution in [1.82, 2.24) is 0 Å². The summed E-state index contributed by atoms with van der Waals surface area (Å²) < 4.78 is 38.2. The predicted octanol–water partition coefficient (Wildman–Crippen LogP) is 4.94. The topological polar surface area (TPSA) is 83.8 Å². The Morgan fingerprint density at radius 1 is 0.960 bits per heavy atom. The Morgan fingerprint density at radius 2 is 1.64 bits per heavy atom. The summed E-state index contributed by atoms with van der Waals surface area (Å²) in [5.74, 6) is -0.1000. The van der Waals surface area contributed by atoms with Crippen LogP contribution >= 0.6 is 0 Å². The molecule has 2 aromatic rings. The zero-order chi connectivity index (χ0) is 18.3. The number of ether oxygens (including phenoxy) is 1. The molecule has 2 aromatic carbocycles. The lowest BCUT2D eigenvalue weighted by Crippen LogP contribution is -2.03. The molecule has 0 atom stereocenters. The molecule has 0 radical (unpaired) electrons. The second-order valence-corrected chi connectivity index (χ2v) is 7.34. The second kappa shape index (κ2) is 8.87. The molecule has 0 unspecified atom stereocenters. The molecule has 0 bridgehead atoms. The van der Waals surface area contributed by atoms with E-state index in [1.54, 1.807) is 30.3 Å². The molecule has 0 aliphatic heterocycles. The van der Waals surface area contributed by atoms with Crippen molar-refractivity contribution in [2.75, 3.05) is 0 Å². The van der Waals surface area contributed by atoms with Gasteiger partial charge in [-0.25, -0.2) is 0 Å². The summed E-state index contributed by atoms with van der Waals surface area (Å²) in [5.41, 5.74) is 0.606. The fourth-order valence-electron chi connectivity index (χ4n) is 2.62. The van der Waals surface area contributed by atoms with Crippen molar-refractivity contribution in [3.63, 3.8) is 0 Å². The SMILES string of the molecule is CCCCCCCc1ccc(S(=O)(=O)O)c(Oc2ccccc2)c1O. The van der Waals surface area contributed by atoms with E-state index in [9.17, 15) is 18.1 Å². The van der Waals surface area contributed by atoms with E-state index in [0.717, 1.165) is 25.7 Å². The van der Waals surface area contributed by atoms with Crippen molar-refractivity contribution >= 4 is 10.1 Å². The van der Waals surface area contributed by atoms with E-state index in [-0.39, 0.29) is 11.5 Å². The Morgan fingerprint density at radius 3 is 2.28 bits per heavy atom. The van der Waals surface area contributed by atoms with Crippen LogP contribution in [0, 0.1) is 0 Å². The average molecular weight is 364 g/mol. The Bertz CT molecular complexity index is 785. The van der Waals surface area contributed by atoms with E-state index >= 15 is 0 Å². The quantitative estimate of drug-likeness (QED) is 0.486. The molecule has 0 spiro atoms. The third-order valence-electron chi connectivity index (χ3n) is 3.97. The molecule has 0 aromatic heterocycles. The number of phenols is 1.